The van der Waals surface area contributed by atoms with Crippen LogP contribution < -0.4 is 10.6 Å². The third-order valence-corrected chi connectivity index (χ3v) is 4.21. The molecule has 2 N–H and O–H groups in total. The molecule has 0 radical (unpaired) electrons. The molecule has 1 saturated heterocycles. The van der Waals surface area contributed by atoms with Gasteiger partial charge in [-0.25, -0.2) is 4.79 Å². The Morgan fingerprint density at radius 2 is 2.29 bits per heavy atom. The van der Waals surface area contributed by atoms with Crippen molar-refractivity contribution in [3.05, 3.63) is 16.8 Å². The van der Waals surface area contributed by atoms with Crippen LogP contribution in [0.15, 0.2) is 16.8 Å². The maximum absolute atomic E-state index is 12.2. The summed E-state index contributed by atoms with van der Waals surface area (Å²) in [5, 5.41) is 9.67. The monoisotopic (exact) mass is 309 g/mol. The Kier molecular flexibility index (Phi) is 5.61. The average molecular weight is 309 g/mol. The lowest BCUT2D eigenvalue weighted by Crippen LogP contribution is -2.48. The Hall–Kier alpha value is -1.56. The Morgan fingerprint density at radius 1 is 1.48 bits per heavy atom. The number of hydrogen-bond acceptors (Lipinski definition) is 3. The zero-order valence-electron chi connectivity index (χ0n) is 12.6. The van der Waals surface area contributed by atoms with Crippen molar-refractivity contribution in [2.45, 2.75) is 26.7 Å². The van der Waals surface area contributed by atoms with Crippen LogP contribution in [0.2, 0.25) is 0 Å². The summed E-state index contributed by atoms with van der Waals surface area (Å²) < 4.78 is 0. The number of urea groups is 1. The summed E-state index contributed by atoms with van der Waals surface area (Å²) in [6.07, 6.45) is 1.71. The van der Waals surface area contributed by atoms with Crippen molar-refractivity contribution in [3.8, 4) is 0 Å². The van der Waals surface area contributed by atoms with E-state index >= 15 is 0 Å². The number of likely N-dealkylation sites (tertiary alicyclic amines) is 1. The van der Waals surface area contributed by atoms with Crippen LogP contribution in [0.1, 0.15) is 26.7 Å². The third-order valence-electron chi connectivity index (χ3n) is 3.53. The lowest BCUT2D eigenvalue weighted by Gasteiger charge is -2.32. The van der Waals surface area contributed by atoms with Gasteiger partial charge in [-0.3, -0.25) is 4.79 Å². The van der Waals surface area contributed by atoms with E-state index in [0.29, 0.717) is 19.0 Å². The molecule has 3 amide bonds. The molecule has 5 nitrogen and oxygen atoms in total. The number of anilines is 1. The molecule has 6 heteroatoms. The zero-order chi connectivity index (χ0) is 15.2. The molecule has 2 heterocycles. The van der Waals surface area contributed by atoms with E-state index in [1.165, 1.54) is 0 Å². The first-order valence-electron chi connectivity index (χ1n) is 7.42. The van der Waals surface area contributed by atoms with Gasteiger partial charge < -0.3 is 15.5 Å². The summed E-state index contributed by atoms with van der Waals surface area (Å²) in [6.45, 7) is 6.02. The van der Waals surface area contributed by atoms with Crippen molar-refractivity contribution < 1.29 is 9.59 Å². The standard InChI is InChI=1S/C15H23N3O2S/c1-11(2)8-16-15(20)18-6-3-4-12(9-18)14(19)17-13-5-7-21-10-13/h5,7,10-12H,3-4,6,8-9H2,1-2H3,(H,16,20)(H,17,19)/t12-/m0/s1. The van der Waals surface area contributed by atoms with Gasteiger partial charge in [0.1, 0.15) is 0 Å². The third kappa shape index (κ3) is 4.74. The fraction of sp³-hybridized carbons (Fsp3) is 0.600. The Morgan fingerprint density at radius 3 is 2.95 bits per heavy atom. The molecule has 116 valence electrons. The van der Waals surface area contributed by atoms with Crippen LogP contribution in [-0.4, -0.2) is 36.5 Å². The second-order valence-corrected chi connectivity index (χ2v) is 6.65. The van der Waals surface area contributed by atoms with Crippen LogP contribution in [0.4, 0.5) is 10.5 Å². The first-order valence-corrected chi connectivity index (χ1v) is 8.36. The highest BCUT2D eigenvalue weighted by atomic mass is 32.1. The van der Waals surface area contributed by atoms with Crippen molar-refractivity contribution >= 4 is 29.0 Å². The first-order chi connectivity index (χ1) is 10.1. The number of thiophene rings is 1. The van der Waals surface area contributed by atoms with Gasteiger partial charge >= 0.3 is 6.03 Å². The second kappa shape index (κ2) is 7.45. The summed E-state index contributed by atoms with van der Waals surface area (Å²) in [5.41, 5.74) is 0.839. The van der Waals surface area contributed by atoms with Gasteiger partial charge in [-0.1, -0.05) is 13.8 Å². The number of amides is 3. The van der Waals surface area contributed by atoms with Crippen LogP contribution in [0.3, 0.4) is 0 Å². The van der Waals surface area contributed by atoms with E-state index in [0.717, 1.165) is 25.1 Å². The summed E-state index contributed by atoms with van der Waals surface area (Å²) in [6, 6.07) is 1.83. The maximum Gasteiger partial charge on any atom is 0.317 e. The van der Waals surface area contributed by atoms with Crippen molar-refractivity contribution in [2.24, 2.45) is 11.8 Å². The van der Waals surface area contributed by atoms with Gasteiger partial charge in [0.05, 0.1) is 11.6 Å². The van der Waals surface area contributed by atoms with Crippen LogP contribution in [0.5, 0.6) is 0 Å². The van der Waals surface area contributed by atoms with Crippen molar-refractivity contribution in [1.29, 1.82) is 0 Å². The molecule has 0 spiro atoms. The molecular formula is C15H23N3O2S. The topological polar surface area (TPSA) is 61.4 Å². The summed E-state index contributed by atoms with van der Waals surface area (Å²) >= 11 is 1.55. The van der Waals surface area contributed by atoms with Gasteiger partial charge in [-0.15, -0.1) is 0 Å². The number of carbonyl (C=O) groups excluding carboxylic acids is 2. The quantitative estimate of drug-likeness (QED) is 0.898. The highest BCUT2D eigenvalue weighted by molar-refractivity contribution is 7.08. The minimum atomic E-state index is -0.122. The van der Waals surface area contributed by atoms with E-state index < -0.39 is 0 Å². The molecule has 1 aliphatic rings. The molecule has 21 heavy (non-hydrogen) atoms. The number of hydrogen-bond donors (Lipinski definition) is 2. The smallest absolute Gasteiger partial charge is 0.317 e. The predicted molar refractivity (Wildman–Crippen MR) is 85.5 cm³/mol. The number of nitrogens with zero attached hydrogens (tertiary/aromatic N) is 1. The number of nitrogens with one attached hydrogen (secondary N) is 2. The summed E-state index contributed by atoms with van der Waals surface area (Å²) in [4.78, 5) is 26.1. The lowest BCUT2D eigenvalue weighted by molar-refractivity contribution is -0.121. The predicted octanol–water partition coefficient (Wildman–Crippen LogP) is 2.76. The second-order valence-electron chi connectivity index (χ2n) is 5.87. The first kappa shape index (κ1) is 15.8. The lowest BCUT2D eigenvalue weighted by atomic mass is 9.97. The molecule has 1 aliphatic heterocycles. The van der Waals surface area contributed by atoms with Gasteiger partial charge in [-0.2, -0.15) is 11.3 Å². The molecule has 1 atom stereocenters. The highest BCUT2D eigenvalue weighted by Gasteiger charge is 2.28. The number of piperidine rings is 1. The van der Waals surface area contributed by atoms with Crippen molar-refractivity contribution in [2.75, 3.05) is 25.0 Å². The van der Waals surface area contributed by atoms with E-state index in [2.05, 4.69) is 24.5 Å². The summed E-state index contributed by atoms with van der Waals surface area (Å²) in [5.74, 6) is 0.314. The number of rotatable bonds is 4. The van der Waals surface area contributed by atoms with Gasteiger partial charge in [0, 0.05) is 25.0 Å². The molecule has 2 rings (SSSR count). The molecular weight excluding hydrogens is 286 g/mol. The van der Waals surface area contributed by atoms with E-state index in [-0.39, 0.29) is 17.9 Å². The van der Waals surface area contributed by atoms with E-state index in [1.54, 1.807) is 16.2 Å². The molecule has 0 saturated carbocycles. The highest BCUT2D eigenvalue weighted by Crippen LogP contribution is 2.20. The largest absolute Gasteiger partial charge is 0.338 e. The zero-order valence-corrected chi connectivity index (χ0v) is 13.4. The van der Waals surface area contributed by atoms with Crippen LogP contribution in [-0.2, 0) is 4.79 Å². The summed E-state index contributed by atoms with van der Waals surface area (Å²) in [7, 11) is 0. The molecule has 0 aliphatic carbocycles. The van der Waals surface area contributed by atoms with Gasteiger partial charge in [0.15, 0.2) is 0 Å². The molecule has 1 aromatic rings. The van der Waals surface area contributed by atoms with Crippen LogP contribution >= 0.6 is 11.3 Å². The van der Waals surface area contributed by atoms with Gasteiger partial charge in [-0.05, 0) is 30.2 Å². The fourth-order valence-corrected chi connectivity index (χ4v) is 2.95. The van der Waals surface area contributed by atoms with E-state index in [1.807, 2.05) is 16.8 Å². The molecule has 0 bridgehead atoms. The molecule has 1 fully saturated rings. The molecule has 1 aromatic heterocycles. The van der Waals surface area contributed by atoms with Gasteiger partial charge in [0.25, 0.3) is 0 Å². The minimum absolute atomic E-state index is 0.00904. The fourth-order valence-electron chi connectivity index (χ4n) is 2.36. The van der Waals surface area contributed by atoms with Crippen LogP contribution in [0.25, 0.3) is 0 Å². The van der Waals surface area contributed by atoms with E-state index in [4.69, 9.17) is 0 Å². The normalized spacial score (nSPS) is 18.6. The molecule has 0 aromatic carbocycles. The molecule has 0 unspecified atom stereocenters. The van der Waals surface area contributed by atoms with Crippen molar-refractivity contribution in [1.82, 2.24) is 10.2 Å². The average Bonchev–Trinajstić information content (AvgIpc) is 2.97. The minimum Gasteiger partial charge on any atom is -0.338 e. The Labute approximate surface area is 129 Å². The van der Waals surface area contributed by atoms with E-state index in [9.17, 15) is 9.59 Å². The Bertz CT molecular complexity index is 473. The maximum atomic E-state index is 12.2. The Balaban J connectivity index is 1.85. The van der Waals surface area contributed by atoms with Crippen LogP contribution in [0, 0.1) is 11.8 Å². The SMILES string of the molecule is CC(C)CNC(=O)N1CCC[C@H](C(=O)Nc2ccsc2)C1. The van der Waals surface area contributed by atoms with Crippen molar-refractivity contribution in [3.63, 3.8) is 0 Å². The van der Waals surface area contributed by atoms with Gasteiger partial charge in [0.2, 0.25) is 5.91 Å². The number of carbonyl (C=O) groups is 2.